The summed E-state index contributed by atoms with van der Waals surface area (Å²) >= 11 is 0. The van der Waals surface area contributed by atoms with Crippen LogP contribution in [0.1, 0.15) is 25.3 Å². The highest BCUT2D eigenvalue weighted by Crippen LogP contribution is 2.21. The number of nitrogens with two attached hydrogens (primary N) is 1. The molecule has 0 bridgehead atoms. The molecule has 5 nitrogen and oxygen atoms in total. The fourth-order valence-corrected chi connectivity index (χ4v) is 1.48. The van der Waals surface area contributed by atoms with E-state index in [9.17, 15) is 9.50 Å². The maximum absolute atomic E-state index is 12.8. The molecule has 2 atom stereocenters. The molecule has 1 heterocycles. The second kappa shape index (κ2) is 5.24. The number of rotatable bonds is 4. The predicted octanol–water partition coefficient (Wildman–Crippen LogP) is 1.65. The van der Waals surface area contributed by atoms with Crippen molar-refractivity contribution in [1.29, 1.82) is 0 Å². The summed E-state index contributed by atoms with van der Waals surface area (Å²) < 4.78 is 17.8. The van der Waals surface area contributed by atoms with E-state index in [1.54, 1.807) is 0 Å². The summed E-state index contributed by atoms with van der Waals surface area (Å²) in [5, 5.41) is 13.5. The molecule has 0 spiro atoms. The Bertz CT molecular complexity index is 512. The van der Waals surface area contributed by atoms with Crippen LogP contribution in [0.15, 0.2) is 28.8 Å². The summed E-state index contributed by atoms with van der Waals surface area (Å²) in [5.41, 5.74) is 6.29. The SMILES string of the molecule is CCC(N)C(O)c1noc(-c2ccc(F)cc2)n1. The highest BCUT2D eigenvalue weighted by Gasteiger charge is 2.21. The van der Waals surface area contributed by atoms with Gasteiger partial charge in [0.1, 0.15) is 11.9 Å². The minimum absolute atomic E-state index is 0.142. The Balaban J connectivity index is 2.22. The summed E-state index contributed by atoms with van der Waals surface area (Å²) in [6.45, 7) is 1.86. The molecule has 18 heavy (non-hydrogen) atoms. The van der Waals surface area contributed by atoms with E-state index < -0.39 is 12.1 Å². The van der Waals surface area contributed by atoms with Gasteiger partial charge in [-0.2, -0.15) is 4.98 Å². The average molecular weight is 251 g/mol. The van der Waals surface area contributed by atoms with Crippen LogP contribution in [-0.2, 0) is 0 Å². The molecule has 1 aromatic carbocycles. The number of nitrogens with zero attached hydrogens (tertiary/aromatic N) is 2. The molecule has 0 saturated heterocycles. The zero-order chi connectivity index (χ0) is 13.1. The Hall–Kier alpha value is -1.79. The molecule has 2 unspecified atom stereocenters. The molecule has 6 heteroatoms. The third-order valence-electron chi connectivity index (χ3n) is 2.67. The van der Waals surface area contributed by atoms with Crippen molar-refractivity contribution < 1.29 is 14.0 Å². The van der Waals surface area contributed by atoms with E-state index >= 15 is 0 Å². The number of aromatic nitrogens is 2. The Morgan fingerprint density at radius 3 is 2.67 bits per heavy atom. The van der Waals surface area contributed by atoms with E-state index in [2.05, 4.69) is 10.1 Å². The maximum atomic E-state index is 12.8. The van der Waals surface area contributed by atoms with E-state index in [1.807, 2.05) is 6.92 Å². The van der Waals surface area contributed by atoms with Gasteiger partial charge in [-0.3, -0.25) is 0 Å². The van der Waals surface area contributed by atoms with Gasteiger partial charge >= 0.3 is 0 Å². The zero-order valence-corrected chi connectivity index (χ0v) is 9.88. The molecule has 0 fully saturated rings. The Kier molecular flexibility index (Phi) is 3.69. The summed E-state index contributed by atoms with van der Waals surface area (Å²) in [6.07, 6.45) is -0.366. The molecular formula is C12H14FN3O2. The molecule has 0 aliphatic heterocycles. The fraction of sp³-hybridized carbons (Fsp3) is 0.333. The van der Waals surface area contributed by atoms with Gasteiger partial charge in [0.05, 0.1) is 0 Å². The highest BCUT2D eigenvalue weighted by atomic mass is 19.1. The molecule has 3 N–H and O–H groups in total. The lowest BCUT2D eigenvalue weighted by Gasteiger charge is -2.12. The third kappa shape index (κ3) is 2.55. The van der Waals surface area contributed by atoms with E-state index in [4.69, 9.17) is 10.3 Å². The second-order valence-corrected chi connectivity index (χ2v) is 3.98. The summed E-state index contributed by atoms with van der Waals surface area (Å²) in [6, 6.07) is 5.21. The van der Waals surface area contributed by atoms with Gasteiger partial charge in [0.2, 0.25) is 5.82 Å². The number of aliphatic hydroxyl groups is 1. The molecule has 0 radical (unpaired) electrons. The number of benzene rings is 1. The molecular weight excluding hydrogens is 237 g/mol. The van der Waals surface area contributed by atoms with E-state index in [0.717, 1.165) is 0 Å². The van der Waals surface area contributed by atoms with Gasteiger partial charge < -0.3 is 15.4 Å². The normalized spacial score (nSPS) is 14.4. The smallest absolute Gasteiger partial charge is 0.258 e. The van der Waals surface area contributed by atoms with E-state index in [0.29, 0.717) is 12.0 Å². The van der Waals surface area contributed by atoms with Crippen molar-refractivity contribution >= 4 is 0 Å². The molecule has 1 aromatic heterocycles. The second-order valence-electron chi connectivity index (χ2n) is 3.98. The molecule has 0 amide bonds. The predicted molar refractivity (Wildman–Crippen MR) is 62.9 cm³/mol. The van der Waals surface area contributed by atoms with Crippen molar-refractivity contribution in [1.82, 2.24) is 10.1 Å². The Morgan fingerprint density at radius 2 is 2.06 bits per heavy atom. The molecule has 96 valence electrons. The third-order valence-corrected chi connectivity index (χ3v) is 2.67. The van der Waals surface area contributed by atoms with Gasteiger partial charge in [-0.05, 0) is 30.7 Å². The zero-order valence-electron chi connectivity index (χ0n) is 9.88. The first-order chi connectivity index (χ1) is 8.61. The van der Waals surface area contributed by atoms with Gasteiger partial charge in [-0.25, -0.2) is 4.39 Å². The monoisotopic (exact) mass is 251 g/mol. The summed E-state index contributed by atoms with van der Waals surface area (Å²) in [5.74, 6) is 0.0301. The van der Waals surface area contributed by atoms with Crippen molar-refractivity contribution in [2.24, 2.45) is 5.73 Å². The molecule has 0 saturated carbocycles. The minimum Gasteiger partial charge on any atom is -0.383 e. The van der Waals surface area contributed by atoms with Gasteiger partial charge in [-0.15, -0.1) is 0 Å². The number of hydrogen-bond acceptors (Lipinski definition) is 5. The first-order valence-electron chi connectivity index (χ1n) is 5.65. The largest absolute Gasteiger partial charge is 0.383 e. The van der Waals surface area contributed by atoms with E-state index in [-0.39, 0.29) is 17.5 Å². The van der Waals surface area contributed by atoms with Crippen LogP contribution in [0.4, 0.5) is 4.39 Å². The van der Waals surface area contributed by atoms with Crippen LogP contribution in [0.5, 0.6) is 0 Å². The summed E-state index contributed by atoms with van der Waals surface area (Å²) in [4.78, 5) is 4.05. The van der Waals surface area contributed by atoms with Gasteiger partial charge in [-0.1, -0.05) is 12.1 Å². The van der Waals surface area contributed by atoms with Gasteiger partial charge in [0, 0.05) is 11.6 Å². The van der Waals surface area contributed by atoms with Gasteiger partial charge in [0.25, 0.3) is 5.89 Å². The first-order valence-corrected chi connectivity index (χ1v) is 5.65. The average Bonchev–Trinajstić information content (AvgIpc) is 2.87. The van der Waals surface area contributed by atoms with Crippen LogP contribution < -0.4 is 5.73 Å². The van der Waals surface area contributed by atoms with Crippen LogP contribution >= 0.6 is 0 Å². The lowest BCUT2D eigenvalue weighted by Crippen LogP contribution is -2.28. The van der Waals surface area contributed by atoms with Crippen molar-refractivity contribution in [3.63, 3.8) is 0 Å². The van der Waals surface area contributed by atoms with Crippen LogP contribution in [0.2, 0.25) is 0 Å². The van der Waals surface area contributed by atoms with Gasteiger partial charge in [0.15, 0.2) is 0 Å². The number of hydrogen-bond donors (Lipinski definition) is 2. The minimum atomic E-state index is -0.965. The van der Waals surface area contributed by atoms with E-state index in [1.165, 1.54) is 24.3 Å². The lowest BCUT2D eigenvalue weighted by atomic mass is 10.1. The van der Waals surface area contributed by atoms with Crippen molar-refractivity contribution in [2.45, 2.75) is 25.5 Å². The first kappa shape index (κ1) is 12.7. The van der Waals surface area contributed by atoms with Crippen LogP contribution in [0, 0.1) is 5.82 Å². The van der Waals surface area contributed by atoms with Crippen molar-refractivity contribution in [3.05, 3.63) is 35.9 Å². The molecule has 0 aliphatic carbocycles. The fourth-order valence-electron chi connectivity index (χ4n) is 1.48. The highest BCUT2D eigenvalue weighted by molar-refractivity contribution is 5.52. The maximum Gasteiger partial charge on any atom is 0.258 e. The quantitative estimate of drug-likeness (QED) is 0.862. The molecule has 2 aromatic rings. The Labute approximate surface area is 103 Å². The topological polar surface area (TPSA) is 85.2 Å². The van der Waals surface area contributed by atoms with Crippen LogP contribution in [-0.4, -0.2) is 21.3 Å². The van der Waals surface area contributed by atoms with Crippen molar-refractivity contribution in [2.75, 3.05) is 0 Å². The molecule has 2 rings (SSSR count). The summed E-state index contributed by atoms with van der Waals surface area (Å²) in [7, 11) is 0. The number of halogens is 1. The van der Waals surface area contributed by atoms with Crippen LogP contribution in [0.25, 0.3) is 11.5 Å². The standard InChI is InChI=1S/C12H14FN3O2/c1-2-9(14)10(17)11-15-12(18-16-11)7-3-5-8(13)6-4-7/h3-6,9-10,17H,2,14H2,1H3. The number of aliphatic hydroxyl groups excluding tert-OH is 1. The lowest BCUT2D eigenvalue weighted by molar-refractivity contribution is 0.132. The molecule has 0 aliphatic rings. The van der Waals surface area contributed by atoms with Crippen molar-refractivity contribution in [3.8, 4) is 11.5 Å². The Morgan fingerprint density at radius 1 is 1.39 bits per heavy atom. The van der Waals surface area contributed by atoms with Crippen LogP contribution in [0.3, 0.4) is 0 Å².